The van der Waals surface area contributed by atoms with E-state index in [1.807, 2.05) is 18.2 Å². The van der Waals surface area contributed by atoms with Crippen molar-refractivity contribution in [3.05, 3.63) is 23.8 Å². The monoisotopic (exact) mass is 262 g/mol. The maximum Gasteiger partial charge on any atom is 0.120 e. The fourth-order valence-corrected chi connectivity index (χ4v) is 2.14. The molecule has 1 saturated carbocycles. The van der Waals surface area contributed by atoms with E-state index in [4.69, 9.17) is 10.1 Å². The zero-order valence-electron chi connectivity index (χ0n) is 11.4. The molecule has 1 aromatic carbocycles. The molecular weight excluding hydrogens is 240 g/mol. The molecule has 0 bridgehead atoms. The highest BCUT2D eigenvalue weighted by atomic mass is 16.5. The van der Waals surface area contributed by atoms with Crippen LogP contribution in [0.2, 0.25) is 0 Å². The summed E-state index contributed by atoms with van der Waals surface area (Å²) < 4.78 is 5.64. The Balaban J connectivity index is 1.97. The maximum absolute atomic E-state index is 9.28. The molecule has 4 nitrogen and oxygen atoms in total. The third kappa shape index (κ3) is 3.70. The summed E-state index contributed by atoms with van der Waals surface area (Å²) in [5.41, 5.74) is 1.77. The van der Waals surface area contributed by atoms with Crippen LogP contribution in [0.15, 0.2) is 18.2 Å². The van der Waals surface area contributed by atoms with Gasteiger partial charge in [0, 0.05) is 23.5 Å². The molecule has 0 unspecified atom stereocenters. The van der Waals surface area contributed by atoms with Crippen molar-refractivity contribution in [2.45, 2.75) is 44.8 Å². The Morgan fingerprint density at radius 1 is 1.47 bits per heavy atom. The SMILES string of the molecule is CCCCOc1ccc(NC2CC(O)C2)c(C=N)c1. The van der Waals surface area contributed by atoms with Gasteiger partial charge in [0.2, 0.25) is 0 Å². The largest absolute Gasteiger partial charge is 0.494 e. The summed E-state index contributed by atoms with van der Waals surface area (Å²) in [6, 6.07) is 6.09. The Labute approximate surface area is 114 Å². The molecule has 4 heteroatoms. The molecule has 19 heavy (non-hydrogen) atoms. The number of nitrogens with one attached hydrogen (secondary N) is 2. The highest BCUT2D eigenvalue weighted by Gasteiger charge is 2.27. The van der Waals surface area contributed by atoms with Gasteiger partial charge in [-0.25, -0.2) is 0 Å². The second-order valence-electron chi connectivity index (χ2n) is 5.06. The van der Waals surface area contributed by atoms with Gasteiger partial charge >= 0.3 is 0 Å². The minimum atomic E-state index is -0.169. The first-order valence-electron chi connectivity index (χ1n) is 6.95. The third-order valence-corrected chi connectivity index (χ3v) is 3.42. The summed E-state index contributed by atoms with van der Waals surface area (Å²) in [4.78, 5) is 0. The average Bonchev–Trinajstić information content (AvgIpc) is 2.38. The van der Waals surface area contributed by atoms with Crippen molar-refractivity contribution in [1.82, 2.24) is 0 Å². The smallest absolute Gasteiger partial charge is 0.120 e. The number of hydrogen-bond acceptors (Lipinski definition) is 4. The van der Waals surface area contributed by atoms with Crippen molar-refractivity contribution in [3.63, 3.8) is 0 Å². The number of rotatable bonds is 7. The second-order valence-corrected chi connectivity index (χ2v) is 5.06. The highest BCUT2D eigenvalue weighted by molar-refractivity contribution is 5.86. The summed E-state index contributed by atoms with van der Waals surface area (Å²) in [5.74, 6) is 0.811. The maximum atomic E-state index is 9.28. The van der Waals surface area contributed by atoms with E-state index in [0.717, 1.165) is 49.3 Å². The summed E-state index contributed by atoms with van der Waals surface area (Å²) in [5, 5.41) is 20.1. The van der Waals surface area contributed by atoms with Gasteiger partial charge in [-0.05, 0) is 37.5 Å². The first kappa shape index (κ1) is 13.9. The van der Waals surface area contributed by atoms with E-state index < -0.39 is 0 Å². The average molecular weight is 262 g/mol. The molecule has 3 N–H and O–H groups in total. The zero-order valence-corrected chi connectivity index (χ0v) is 11.4. The van der Waals surface area contributed by atoms with E-state index in [9.17, 15) is 5.11 Å². The molecule has 0 aromatic heterocycles. The summed E-state index contributed by atoms with van der Waals surface area (Å²) in [6.45, 7) is 2.85. The van der Waals surface area contributed by atoms with Crippen LogP contribution in [0.4, 0.5) is 5.69 Å². The molecule has 104 valence electrons. The first-order valence-corrected chi connectivity index (χ1v) is 6.95. The Bertz CT molecular complexity index is 428. The van der Waals surface area contributed by atoms with E-state index in [1.165, 1.54) is 6.21 Å². The van der Waals surface area contributed by atoms with Crippen LogP contribution in [0.25, 0.3) is 0 Å². The van der Waals surface area contributed by atoms with Crippen LogP contribution in [0.5, 0.6) is 5.75 Å². The molecule has 0 aliphatic heterocycles. The van der Waals surface area contributed by atoms with Crippen LogP contribution in [0.3, 0.4) is 0 Å². The van der Waals surface area contributed by atoms with E-state index in [2.05, 4.69) is 12.2 Å². The summed E-state index contributed by atoms with van der Waals surface area (Å²) in [6.07, 6.45) is 4.89. The molecule has 0 atom stereocenters. The molecule has 0 radical (unpaired) electrons. The molecule has 1 aliphatic carbocycles. The van der Waals surface area contributed by atoms with Gasteiger partial charge in [0.1, 0.15) is 5.75 Å². The lowest BCUT2D eigenvalue weighted by molar-refractivity contribution is 0.0836. The normalized spacial score (nSPS) is 21.6. The summed E-state index contributed by atoms with van der Waals surface area (Å²) in [7, 11) is 0. The quantitative estimate of drug-likeness (QED) is 0.523. The van der Waals surface area contributed by atoms with Crippen molar-refractivity contribution in [3.8, 4) is 5.75 Å². The number of ether oxygens (including phenoxy) is 1. The fraction of sp³-hybridized carbons (Fsp3) is 0.533. The van der Waals surface area contributed by atoms with E-state index in [0.29, 0.717) is 6.04 Å². The molecule has 0 heterocycles. The highest BCUT2D eigenvalue weighted by Crippen LogP contribution is 2.27. The van der Waals surface area contributed by atoms with Gasteiger partial charge in [0.15, 0.2) is 0 Å². The minimum absolute atomic E-state index is 0.169. The van der Waals surface area contributed by atoms with E-state index in [-0.39, 0.29) is 6.10 Å². The zero-order chi connectivity index (χ0) is 13.7. The molecule has 2 rings (SSSR count). The van der Waals surface area contributed by atoms with Gasteiger partial charge in [-0.2, -0.15) is 0 Å². The van der Waals surface area contributed by atoms with Gasteiger partial charge in [0.05, 0.1) is 12.7 Å². The fourth-order valence-electron chi connectivity index (χ4n) is 2.14. The predicted molar refractivity (Wildman–Crippen MR) is 77.4 cm³/mol. The topological polar surface area (TPSA) is 65.3 Å². The lowest BCUT2D eigenvalue weighted by Gasteiger charge is -2.33. The molecule has 0 spiro atoms. The number of benzene rings is 1. The molecule has 1 fully saturated rings. The van der Waals surface area contributed by atoms with Crippen LogP contribution in [0, 0.1) is 5.41 Å². The van der Waals surface area contributed by atoms with Crippen molar-refractivity contribution < 1.29 is 9.84 Å². The number of aliphatic hydroxyl groups is 1. The predicted octanol–water partition coefficient (Wildman–Crippen LogP) is 2.80. The molecule has 1 aliphatic rings. The minimum Gasteiger partial charge on any atom is -0.494 e. The Morgan fingerprint density at radius 3 is 2.89 bits per heavy atom. The molecular formula is C15H22N2O2. The Kier molecular flexibility index (Phi) is 4.80. The van der Waals surface area contributed by atoms with E-state index in [1.54, 1.807) is 0 Å². The van der Waals surface area contributed by atoms with E-state index >= 15 is 0 Å². The first-order chi connectivity index (χ1) is 9.22. The van der Waals surface area contributed by atoms with Crippen LogP contribution in [0.1, 0.15) is 38.2 Å². The number of unbranched alkanes of at least 4 members (excludes halogenated alkanes) is 1. The molecule has 0 amide bonds. The van der Waals surface area contributed by atoms with Gasteiger partial charge < -0.3 is 20.6 Å². The lowest BCUT2D eigenvalue weighted by Crippen LogP contribution is -2.39. The number of hydrogen-bond donors (Lipinski definition) is 3. The Morgan fingerprint density at radius 2 is 2.26 bits per heavy atom. The number of anilines is 1. The van der Waals surface area contributed by atoms with Crippen molar-refractivity contribution in [1.29, 1.82) is 5.41 Å². The number of aliphatic hydroxyl groups excluding tert-OH is 1. The Hall–Kier alpha value is -1.55. The van der Waals surface area contributed by atoms with Gasteiger partial charge in [-0.3, -0.25) is 0 Å². The van der Waals surface area contributed by atoms with Gasteiger partial charge in [-0.1, -0.05) is 13.3 Å². The molecule has 0 saturated heterocycles. The third-order valence-electron chi connectivity index (χ3n) is 3.42. The van der Waals surface area contributed by atoms with Gasteiger partial charge in [-0.15, -0.1) is 0 Å². The second kappa shape index (κ2) is 6.57. The van der Waals surface area contributed by atoms with Gasteiger partial charge in [0.25, 0.3) is 0 Å². The van der Waals surface area contributed by atoms with Crippen molar-refractivity contribution in [2.24, 2.45) is 0 Å². The lowest BCUT2D eigenvalue weighted by atomic mass is 9.89. The van der Waals surface area contributed by atoms with Crippen LogP contribution >= 0.6 is 0 Å². The van der Waals surface area contributed by atoms with Crippen molar-refractivity contribution >= 4 is 11.9 Å². The van der Waals surface area contributed by atoms with Crippen LogP contribution in [-0.2, 0) is 0 Å². The van der Waals surface area contributed by atoms with Crippen LogP contribution < -0.4 is 10.1 Å². The van der Waals surface area contributed by atoms with Crippen molar-refractivity contribution in [2.75, 3.05) is 11.9 Å². The summed E-state index contributed by atoms with van der Waals surface area (Å²) >= 11 is 0. The standard InChI is InChI=1S/C15H22N2O2/c1-2-3-6-19-14-4-5-15(11(7-14)10-16)17-12-8-13(18)9-12/h4-5,7,10,12-13,16-18H,2-3,6,8-9H2,1H3. The van der Waals surface area contributed by atoms with Crippen LogP contribution in [-0.4, -0.2) is 30.1 Å². The molecule has 1 aromatic rings.